The molecule has 0 fully saturated rings. The van der Waals surface area contributed by atoms with Crippen LogP contribution in [0.1, 0.15) is 11.6 Å². The molecule has 0 aliphatic heterocycles. The largest absolute Gasteiger partial charge is 1.00 e. The number of nitrogens with one attached hydrogen (secondary N) is 1. The molecule has 8 heteroatoms. The molecule has 0 radical (unpaired) electrons. The smallest absolute Gasteiger partial charge is 0.547 e. The van der Waals surface area contributed by atoms with Crippen LogP contribution in [0.2, 0.25) is 0 Å². The first-order chi connectivity index (χ1) is 8.43. The predicted octanol–water partition coefficient (Wildman–Crippen LogP) is -4.34. The number of carboxylic acids is 2. The number of halogens is 1. The first-order valence-electron chi connectivity index (χ1n) is 5.02. The molecule has 0 saturated heterocycles. The Labute approximate surface area is 151 Å². The number of benzene rings is 1. The standard InChI is InChI=1S/C11H12FNO5.K/c12-7-4-2-1-3-6(7)9(10(16)11(17)18)13-5-8(14)15;/h1-4,9-10,13,16H,5H2,(H,14,15)(H,17,18);/q;+1/p-1. The molecule has 1 aromatic rings. The van der Waals surface area contributed by atoms with Gasteiger partial charge in [0, 0.05) is 5.56 Å². The molecule has 1 aromatic carbocycles. The Morgan fingerprint density at radius 1 is 1.37 bits per heavy atom. The Balaban J connectivity index is 0.00000324. The van der Waals surface area contributed by atoms with Crippen LogP contribution in [0.25, 0.3) is 0 Å². The minimum absolute atomic E-state index is 0. The van der Waals surface area contributed by atoms with E-state index in [4.69, 9.17) is 5.11 Å². The van der Waals surface area contributed by atoms with Crippen LogP contribution in [-0.2, 0) is 9.59 Å². The van der Waals surface area contributed by atoms with Crippen molar-refractivity contribution in [2.45, 2.75) is 12.1 Å². The summed E-state index contributed by atoms with van der Waals surface area (Å²) >= 11 is 0. The molecule has 2 atom stereocenters. The second kappa shape index (κ2) is 8.75. The SMILES string of the molecule is O=C(O)CNC(c1ccccc1F)C(O)C(=O)[O-].[K+]. The van der Waals surface area contributed by atoms with Gasteiger partial charge in [-0.1, -0.05) is 18.2 Å². The molecule has 0 heterocycles. The first kappa shape index (κ1) is 18.6. The van der Waals surface area contributed by atoms with E-state index < -0.39 is 36.4 Å². The summed E-state index contributed by atoms with van der Waals surface area (Å²) < 4.78 is 13.5. The average Bonchev–Trinajstić information content (AvgIpc) is 2.30. The molecule has 0 aromatic heterocycles. The van der Waals surface area contributed by atoms with E-state index in [0.29, 0.717) is 0 Å². The fraction of sp³-hybridized carbons (Fsp3) is 0.273. The van der Waals surface area contributed by atoms with Crippen molar-refractivity contribution in [1.29, 1.82) is 0 Å². The maximum atomic E-state index is 13.5. The number of carboxylic acid groups (broad SMARTS) is 2. The molecular weight excluding hydrogens is 284 g/mol. The summed E-state index contributed by atoms with van der Waals surface area (Å²) in [5.74, 6) is -3.83. The molecule has 3 N–H and O–H groups in total. The van der Waals surface area contributed by atoms with Gasteiger partial charge in [-0.2, -0.15) is 0 Å². The third-order valence-corrected chi connectivity index (χ3v) is 2.27. The van der Waals surface area contributed by atoms with Crippen molar-refractivity contribution in [3.8, 4) is 0 Å². The number of hydrogen-bond donors (Lipinski definition) is 3. The molecule has 0 aliphatic rings. The Hall–Kier alpha value is -0.354. The Morgan fingerprint density at radius 2 is 1.95 bits per heavy atom. The van der Waals surface area contributed by atoms with Crippen LogP contribution in [0.3, 0.4) is 0 Å². The van der Waals surface area contributed by atoms with Gasteiger partial charge in [0.25, 0.3) is 0 Å². The summed E-state index contributed by atoms with van der Waals surface area (Å²) in [6.07, 6.45) is -2.05. The van der Waals surface area contributed by atoms with Crippen molar-refractivity contribution in [3.05, 3.63) is 35.6 Å². The molecule has 0 aliphatic carbocycles. The van der Waals surface area contributed by atoms with Gasteiger partial charge in [-0.15, -0.1) is 0 Å². The van der Waals surface area contributed by atoms with Crippen molar-refractivity contribution < 1.29 is 80.7 Å². The van der Waals surface area contributed by atoms with E-state index in [2.05, 4.69) is 5.32 Å². The zero-order chi connectivity index (χ0) is 13.7. The molecule has 0 saturated carbocycles. The summed E-state index contributed by atoms with van der Waals surface area (Å²) in [4.78, 5) is 21.0. The van der Waals surface area contributed by atoms with Gasteiger partial charge in [0.15, 0.2) is 0 Å². The summed E-state index contributed by atoms with van der Waals surface area (Å²) in [5, 5.41) is 30.7. The zero-order valence-electron chi connectivity index (χ0n) is 10.2. The van der Waals surface area contributed by atoms with Crippen molar-refractivity contribution in [3.63, 3.8) is 0 Å². The predicted molar refractivity (Wildman–Crippen MR) is 55.8 cm³/mol. The van der Waals surface area contributed by atoms with Crippen molar-refractivity contribution in [2.75, 3.05) is 6.54 Å². The number of aliphatic hydroxyl groups excluding tert-OH is 1. The van der Waals surface area contributed by atoms with Gasteiger partial charge in [-0.3, -0.25) is 10.1 Å². The number of rotatable bonds is 6. The van der Waals surface area contributed by atoms with E-state index in [9.17, 15) is 24.2 Å². The minimum atomic E-state index is -2.05. The van der Waals surface area contributed by atoms with Crippen LogP contribution in [0, 0.1) is 5.82 Å². The van der Waals surface area contributed by atoms with E-state index in [0.717, 1.165) is 6.07 Å². The molecule has 6 nitrogen and oxygen atoms in total. The Morgan fingerprint density at radius 3 is 2.42 bits per heavy atom. The van der Waals surface area contributed by atoms with Gasteiger partial charge in [0.2, 0.25) is 0 Å². The first-order valence-corrected chi connectivity index (χ1v) is 5.02. The third kappa shape index (κ3) is 5.65. The van der Waals surface area contributed by atoms with E-state index in [1.165, 1.54) is 18.2 Å². The summed E-state index contributed by atoms with van der Waals surface area (Å²) in [6, 6.07) is 3.76. The van der Waals surface area contributed by atoms with E-state index in [1.807, 2.05) is 0 Å². The van der Waals surface area contributed by atoms with Crippen LogP contribution in [-0.4, -0.2) is 34.8 Å². The summed E-state index contributed by atoms with van der Waals surface area (Å²) in [7, 11) is 0. The second-order valence-electron chi connectivity index (χ2n) is 3.54. The fourth-order valence-corrected chi connectivity index (χ4v) is 1.45. The monoisotopic (exact) mass is 295 g/mol. The van der Waals surface area contributed by atoms with Gasteiger partial charge in [0.1, 0.15) is 11.9 Å². The van der Waals surface area contributed by atoms with Crippen LogP contribution in [0.15, 0.2) is 24.3 Å². The number of hydrogen-bond acceptors (Lipinski definition) is 5. The molecule has 0 amide bonds. The zero-order valence-corrected chi connectivity index (χ0v) is 13.3. The molecule has 0 spiro atoms. The molecule has 1 rings (SSSR count). The van der Waals surface area contributed by atoms with Gasteiger partial charge in [-0.05, 0) is 6.07 Å². The van der Waals surface area contributed by atoms with Crippen LogP contribution in [0.4, 0.5) is 4.39 Å². The normalized spacial score (nSPS) is 13.2. The molecule has 98 valence electrons. The Bertz CT molecular complexity index is 456. The maximum absolute atomic E-state index is 13.5. The van der Waals surface area contributed by atoms with E-state index in [1.54, 1.807) is 0 Å². The summed E-state index contributed by atoms with van der Waals surface area (Å²) in [6.45, 7) is -0.622. The van der Waals surface area contributed by atoms with Crippen molar-refractivity contribution in [2.24, 2.45) is 0 Å². The minimum Gasteiger partial charge on any atom is -0.547 e. The van der Waals surface area contributed by atoms with Gasteiger partial charge < -0.3 is 20.1 Å². The number of carbonyl (C=O) groups excluding carboxylic acids is 1. The van der Waals surface area contributed by atoms with Crippen LogP contribution >= 0.6 is 0 Å². The topological polar surface area (TPSA) is 110 Å². The Kier molecular flexibility index (Phi) is 8.58. The van der Waals surface area contributed by atoms with Gasteiger partial charge >= 0.3 is 57.4 Å². The van der Waals surface area contributed by atoms with E-state index >= 15 is 0 Å². The molecule has 0 bridgehead atoms. The summed E-state index contributed by atoms with van der Waals surface area (Å²) in [5.41, 5.74) is -0.143. The number of aliphatic hydroxyl groups is 1. The van der Waals surface area contributed by atoms with Crippen molar-refractivity contribution in [1.82, 2.24) is 5.32 Å². The molecule has 2 unspecified atom stereocenters. The van der Waals surface area contributed by atoms with Crippen LogP contribution in [0.5, 0.6) is 0 Å². The third-order valence-electron chi connectivity index (χ3n) is 2.27. The number of aliphatic carboxylic acids is 2. The maximum Gasteiger partial charge on any atom is 1.00 e. The molecular formula is C11H11FKNO5. The average molecular weight is 295 g/mol. The van der Waals surface area contributed by atoms with E-state index in [-0.39, 0.29) is 56.9 Å². The molecule has 19 heavy (non-hydrogen) atoms. The van der Waals surface area contributed by atoms with Gasteiger partial charge in [-0.25, -0.2) is 4.39 Å². The van der Waals surface area contributed by atoms with Crippen molar-refractivity contribution >= 4 is 11.9 Å². The fourth-order valence-electron chi connectivity index (χ4n) is 1.45. The van der Waals surface area contributed by atoms with Gasteiger partial charge in [0.05, 0.1) is 18.6 Å². The quantitative estimate of drug-likeness (QED) is 0.458. The van der Waals surface area contributed by atoms with Crippen LogP contribution < -0.4 is 61.8 Å². The second-order valence-corrected chi connectivity index (χ2v) is 3.54. The number of carbonyl (C=O) groups is 2.